The first-order chi connectivity index (χ1) is 10.0. The van der Waals surface area contributed by atoms with Gasteiger partial charge in [-0.25, -0.2) is 4.79 Å². The minimum absolute atomic E-state index is 0.000120. The quantitative estimate of drug-likeness (QED) is 0.833. The van der Waals surface area contributed by atoms with Crippen molar-refractivity contribution in [3.8, 4) is 5.75 Å². The number of halogens is 2. The van der Waals surface area contributed by atoms with Crippen LogP contribution in [0, 0.1) is 0 Å². The summed E-state index contributed by atoms with van der Waals surface area (Å²) >= 11 is 9.65. The number of hydrogen-bond donors (Lipinski definition) is 2. The summed E-state index contributed by atoms with van der Waals surface area (Å²) < 4.78 is 6.66. The Morgan fingerprint density at radius 3 is 3.05 bits per heavy atom. The van der Waals surface area contributed by atoms with Gasteiger partial charge < -0.3 is 15.2 Å². The van der Waals surface area contributed by atoms with E-state index in [1.807, 2.05) is 12.1 Å². The lowest BCUT2D eigenvalue weighted by molar-refractivity contribution is 0.159. The lowest BCUT2D eigenvalue weighted by Crippen LogP contribution is -2.38. The first-order valence-electron chi connectivity index (χ1n) is 6.90. The van der Waals surface area contributed by atoms with E-state index >= 15 is 0 Å². The Hall–Kier alpha value is -0.980. The zero-order valence-electron chi connectivity index (χ0n) is 11.3. The third-order valence-electron chi connectivity index (χ3n) is 4.03. The van der Waals surface area contributed by atoms with E-state index in [4.69, 9.17) is 21.4 Å². The number of ether oxygens (including phenoxy) is 1. The molecule has 0 aromatic heterocycles. The van der Waals surface area contributed by atoms with Crippen molar-refractivity contribution in [3.05, 3.63) is 27.2 Å². The van der Waals surface area contributed by atoms with Crippen LogP contribution >= 0.6 is 27.5 Å². The lowest BCUT2D eigenvalue weighted by atomic mass is 9.99. The molecular weight excluding hydrogens is 360 g/mol. The van der Waals surface area contributed by atoms with Crippen molar-refractivity contribution in [1.82, 2.24) is 10.2 Å². The molecule has 21 heavy (non-hydrogen) atoms. The highest BCUT2D eigenvalue weighted by atomic mass is 79.9. The molecule has 114 valence electrons. The number of benzene rings is 1. The Morgan fingerprint density at radius 2 is 2.29 bits per heavy atom. The van der Waals surface area contributed by atoms with Gasteiger partial charge in [0.25, 0.3) is 0 Å². The monoisotopic (exact) mass is 374 g/mol. The summed E-state index contributed by atoms with van der Waals surface area (Å²) in [7, 11) is 0. The van der Waals surface area contributed by atoms with Crippen LogP contribution in [0.25, 0.3) is 0 Å². The fourth-order valence-electron chi connectivity index (χ4n) is 3.16. The summed E-state index contributed by atoms with van der Waals surface area (Å²) in [5, 5.41) is 12.0. The molecular formula is C14H16BrClN2O3. The van der Waals surface area contributed by atoms with Gasteiger partial charge in [-0.15, -0.1) is 0 Å². The molecule has 0 radical (unpaired) electrons. The summed E-state index contributed by atoms with van der Waals surface area (Å²) in [6.07, 6.45) is 0.777. The normalized spacial score (nSPS) is 25.2. The van der Waals surface area contributed by atoms with Crippen LogP contribution in [0.5, 0.6) is 5.75 Å². The van der Waals surface area contributed by atoms with Crippen LogP contribution in [0.4, 0.5) is 4.79 Å². The van der Waals surface area contributed by atoms with Crippen LogP contribution in [-0.2, 0) is 0 Å². The molecule has 0 unspecified atom stereocenters. The number of likely N-dealkylation sites (tertiary alicyclic amines) is 1. The summed E-state index contributed by atoms with van der Waals surface area (Å²) in [5.74, 6) is 0.820. The minimum Gasteiger partial charge on any atom is -0.493 e. The van der Waals surface area contributed by atoms with Gasteiger partial charge >= 0.3 is 6.09 Å². The highest BCUT2D eigenvalue weighted by Crippen LogP contribution is 2.43. The van der Waals surface area contributed by atoms with Crippen molar-refractivity contribution in [2.45, 2.75) is 24.9 Å². The van der Waals surface area contributed by atoms with Gasteiger partial charge in [-0.1, -0.05) is 27.5 Å². The van der Waals surface area contributed by atoms with E-state index in [-0.39, 0.29) is 12.1 Å². The third-order valence-corrected chi connectivity index (χ3v) is 4.90. The van der Waals surface area contributed by atoms with E-state index in [2.05, 4.69) is 26.1 Å². The van der Waals surface area contributed by atoms with Crippen molar-refractivity contribution < 1.29 is 14.6 Å². The summed E-state index contributed by atoms with van der Waals surface area (Å²) in [6, 6.07) is 3.96. The van der Waals surface area contributed by atoms with E-state index in [1.54, 1.807) is 0 Å². The predicted octanol–water partition coefficient (Wildman–Crippen LogP) is 3.27. The molecule has 5 nitrogen and oxygen atoms in total. The van der Waals surface area contributed by atoms with Crippen molar-refractivity contribution in [2.75, 3.05) is 19.7 Å². The second-order valence-corrected chi connectivity index (χ2v) is 6.67. The van der Waals surface area contributed by atoms with Gasteiger partial charge in [0.2, 0.25) is 0 Å². The molecule has 2 N–H and O–H groups in total. The van der Waals surface area contributed by atoms with Crippen LogP contribution in [0.3, 0.4) is 0 Å². The molecule has 0 aliphatic carbocycles. The Labute approximate surface area is 136 Å². The number of carbonyl (C=O) groups is 1. The van der Waals surface area contributed by atoms with E-state index < -0.39 is 6.09 Å². The maximum Gasteiger partial charge on any atom is 0.404 e. The third kappa shape index (κ3) is 3.12. The number of amides is 1. The molecule has 1 aromatic carbocycles. The molecule has 1 aromatic rings. The number of carboxylic acid groups (broad SMARTS) is 1. The molecule has 0 spiro atoms. The fourth-order valence-corrected chi connectivity index (χ4v) is 4.20. The Bertz CT molecular complexity index is 569. The first-order valence-corrected chi connectivity index (χ1v) is 8.07. The summed E-state index contributed by atoms with van der Waals surface area (Å²) in [6.45, 7) is 2.26. The van der Waals surface area contributed by atoms with Crippen molar-refractivity contribution >= 4 is 33.6 Å². The molecule has 3 rings (SSSR count). The molecule has 7 heteroatoms. The standard InChI is InChI=1S/C14H16BrClN2O3/c15-10-5-8(16)6-12-13(10)11(2-4-21-12)18-3-1-9(7-18)17-14(19)20/h5-6,9,11,17H,1-4,7H2,(H,19,20)/t9-,11-/m1/s1. The van der Waals surface area contributed by atoms with E-state index in [0.717, 1.165) is 41.7 Å². The molecule has 2 aliphatic rings. The average molecular weight is 376 g/mol. The molecule has 2 aliphatic heterocycles. The number of nitrogens with one attached hydrogen (secondary N) is 1. The Morgan fingerprint density at radius 1 is 1.48 bits per heavy atom. The van der Waals surface area contributed by atoms with Gasteiger partial charge in [-0.3, -0.25) is 4.90 Å². The average Bonchev–Trinajstić information content (AvgIpc) is 2.85. The molecule has 2 atom stereocenters. The molecule has 1 fully saturated rings. The number of nitrogens with zero attached hydrogens (tertiary/aromatic N) is 1. The highest BCUT2D eigenvalue weighted by molar-refractivity contribution is 9.10. The number of fused-ring (bicyclic) bond motifs is 1. The Kier molecular flexibility index (Phi) is 4.28. The van der Waals surface area contributed by atoms with Crippen molar-refractivity contribution in [1.29, 1.82) is 0 Å². The molecule has 1 saturated heterocycles. The van der Waals surface area contributed by atoms with Crippen molar-refractivity contribution in [2.24, 2.45) is 0 Å². The number of rotatable bonds is 2. The van der Waals surface area contributed by atoms with Gasteiger partial charge in [-0.05, 0) is 18.6 Å². The van der Waals surface area contributed by atoms with Crippen LogP contribution in [-0.4, -0.2) is 41.8 Å². The predicted molar refractivity (Wildman–Crippen MR) is 83.1 cm³/mol. The SMILES string of the molecule is O=C(O)N[C@@H]1CCN([C@@H]2CCOc3cc(Cl)cc(Br)c32)C1. The molecule has 2 heterocycles. The van der Waals surface area contributed by atoms with Crippen LogP contribution in [0.1, 0.15) is 24.4 Å². The van der Waals surface area contributed by atoms with E-state index in [1.165, 1.54) is 0 Å². The topological polar surface area (TPSA) is 61.8 Å². The lowest BCUT2D eigenvalue weighted by Gasteiger charge is -2.34. The van der Waals surface area contributed by atoms with Gasteiger partial charge in [-0.2, -0.15) is 0 Å². The van der Waals surface area contributed by atoms with Gasteiger partial charge in [0, 0.05) is 46.7 Å². The van der Waals surface area contributed by atoms with Gasteiger partial charge in [0.15, 0.2) is 0 Å². The fraction of sp³-hybridized carbons (Fsp3) is 0.500. The zero-order valence-corrected chi connectivity index (χ0v) is 13.7. The zero-order chi connectivity index (χ0) is 15.0. The first kappa shape index (κ1) is 14.9. The largest absolute Gasteiger partial charge is 0.493 e. The van der Waals surface area contributed by atoms with E-state index in [0.29, 0.717) is 11.6 Å². The Balaban J connectivity index is 1.81. The van der Waals surface area contributed by atoms with Gasteiger partial charge in [0.1, 0.15) is 5.75 Å². The molecule has 1 amide bonds. The second kappa shape index (κ2) is 6.02. The summed E-state index contributed by atoms with van der Waals surface area (Å²) in [5.41, 5.74) is 1.11. The van der Waals surface area contributed by atoms with Crippen molar-refractivity contribution in [3.63, 3.8) is 0 Å². The summed E-state index contributed by atoms with van der Waals surface area (Å²) in [4.78, 5) is 13.1. The minimum atomic E-state index is -0.956. The maximum absolute atomic E-state index is 10.8. The van der Waals surface area contributed by atoms with Crippen LogP contribution in [0.15, 0.2) is 16.6 Å². The molecule has 0 bridgehead atoms. The van der Waals surface area contributed by atoms with Gasteiger partial charge in [0.05, 0.1) is 6.61 Å². The molecule has 0 saturated carbocycles. The van der Waals surface area contributed by atoms with E-state index in [9.17, 15) is 4.79 Å². The smallest absolute Gasteiger partial charge is 0.404 e. The highest BCUT2D eigenvalue weighted by Gasteiger charge is 2.34. The number of hydrogen-bond acceptors (Lipinski definition) is 3. The van der Waals surface area contributed by atoms with Crippen LogP contribution in [0.2, 0.25) is 5.02 Å². The van der Waals surface area contributed by atoms with Crippen LogP contribution < -0.4 is 10.1 Å². The second-order valence-electron chi connectivity index (χ2n) is 5.38. The maximum atomic E-state index is 10.8.